The van der Waals surface area contributed by atoms with E-state index in [1.54, 1.807) is 19.3 Å². The van der Waals surface area contributed by atoms with Crippen molar-refractivity contribution in [1.29, 1.82) is 0 Å². The molecule has 1 aromatic heterocycles. The Kier molecular flexibility index (Phi) is 6.61. The molecule has 31 heavy (non-hydrogen) atoms. The summed E-state index contributed by atoms with van der Waals surface area (Å²) < 4.78 is 5.22. The highest BCUT2D eigenvalue weighted by Gasteiger charge is 2.26. The van der Waals surface area contributed by atoms with Crippen molar-refractivity contribution in [3.8, 4) is 0 Å². The maximum Gasteiger partial charge on any atom is 0.255 e. The first-order chi connectivity index (χ1) is 15.0. The average Bonchev–Trinajstić information content (AvgIpc) is 3.21. The predicted octanol–water partition coefficient (Wildman–Crippen LogP) is 2.44. The highest BCUT2D eigenvalue weighted by molar-refractivity contribution is 5.95. The van der Waals surface area contributed by atoms with Crippen molar-refractivity contribution in [1.82, 2.24) is 15.1 Å². The molecule has 0 spiro atoms. The number of furan rings is 1. The standard InChI is InChI=1S/C24H32N4O3/c1-18-4-3-5-21(16-18)27-11-13-28(14-12-27)23(29)17-26-9-6-20(7-10-26)25-24(30)22-8-15-31-19(22)2/h3-5,8,15-16,20H,6-7,9-14,17H2,1-2H3,(H,25,30). The van der Waals surface area contributed by atoms with E-state index in [1.807, 2.05) is 4.90 Å². The van der Waals surface area contributed by atoms with E-state index in [9.17, 15) is 9.59 Å². The summed E-state index contributed by atoms with van der Waals surface area (Å²) >= 11 is 0. The number of aryl methyl sites for hydroxylation is 2. The summed E-state index contributed by atoms with van der Waals surface area (Å²) in [7, 11) is 0. The Balaban J connectivity index is 1.19. The van der Waals surface area contributed by atoms with Crippen LogP contribution in [0.5, 0.6) is 0 Å². The summed E-state index contributed by atoms with van der Waals surface area (Å²) in [5.41, 5.74) is 3.10. The number of carbonyl (C=O) groups excluding carboxylic acids is 2. The van der Waals surface area contributed by atoms with Crippen LogP contribution in [0.15, 0.2) is 41.0 Å². The van der Waals surface area contributed by atoms with Crippen molar-refractivity contribution in [2.75, 3.05) is 50.7 Å². The van der Waals surface area contributed by atoms with Gasteiger partial charge in [-0.25, -0.2) is 0 Å². The molecule has 2 saturated heterocycles. The Labute approximate surface area is 184 Å². The van der Waals surface area contributed by atoms with Gasteiger partial charge in [0.1, 0.15) is 5.76 Å². The summed E-state index contributed by atoms with van der Waals surface area (Å²) in [6, 6.07) is 10.4. The third-order valence-corrected chi connectivity index (χ3v) is 6.38. The largest absolute Gasteiger partial charge is 0.469 e. The Morgan fingerprint density at radius 1 is 1.03 bits per heavy atom. The molecule has 1 aromatic carbocycles. The average molecular weight is 425 g/mol. The van der Waals surface area contributed by atoms with Crippen LogP contribution in [-0.4, -0.2) is 73.5 Å². The number of rotatable bonds is 5. The minimum atomic E-state index is -0.0766. The van der Waals surface area contributed by atoms with E-state index in [0.717, 1.165) is 52.1 Å². The van der Waals surface area contributed by atoms with Crippen molar-refractivity contribution in [2.24, 2.45) is 0 Å². The molecule has 0 saturated carbocycles. The van der Waals surface area contributed by atoms with Gasteiger partial charge in [0.2, 0.25) is 5.91 Å². The highest BCUT2D eigenvalue weighted by Crippen LogP contribution is 2.18. The van der Waals surface area contributed by atoms with Gasteiger partial charge in [0.15, 0.2) is 0 Å². The van der Waals surface area contributed by atoms with E-state index in [4.69, 9.17) is 4.42 Å². The molecule has 0 radical (unpaired) electrons. The monoisotopic (exact) mass is 424 g/mol. The second kappa shape index (κ2) is 9.56. The van der Waals surface area contributed by atoms with Gasteiger partial charge in [-0.3, -0.25) is 14.5 Å². The molecule has 7 heteroatoms. The quantitative estimate of drug-likeness (QED) is 0.799. The Bertz CT molecular complexity index is 909. The Morgan fingerprint density at radius 2 is 1.77 bits per heavy atom. The number of hydrogen-bond donors (Lipinski definition) is 1. The lowest BCUT2D eigenvalue weighted by molar-refractivity contribution is -0.133. The summed E-state index contributed by atoms with van der Waals surface area (Å²) in [6.45, 7) is 9.29. The van der Waals surface area contributed by atoms with Crippen LogP contribution in [0.2, 0.25) is 0 Å². The van der Waals surface area contributed by atoms with Crippen LogP contribution >= 0.6 is 0 Å². The molecule has 4 rings (SSSR count). The number of hydrogen-bond acceptors (Lipinski definition) is 5. The van der Waals surface area contributed by atoms with Crippen LogP contribution in [0.3, 0.4) is 0 Å². The maximum absolute atomic E-state index is 12.8. The summed E-state index contributed by atoms with van der Waals surface area (Å²) in [4.78, 5) is 31.7. The lowest BCUT2D eigenvalue weighted by atomic mass is 10.0. The number of benzene rings is 1. The van der Waals surface area contributed by atoms with Crippen molar-refractivity contribution in [3.63, 3.8) is 0 Å². The molecule has 2 fully saturated rings. The minimum absolute atomic E-state index is 0.0766. The van der Waals surface area contributed by atoms with E-state index in [-0.39, 0.29) is 17.9 Å². The molecule has 2 amide bonds. The smallest absolute Gasteiger partial charge is 0.255 e. The van der Waals surface area contributed by atoms with Gasteiger partial charge in [-0.2, -0.15) is 0 Å². The van der Waals surface area contributed by atoms with Gasteiger partial charge in [0, 0.05) is 51.0 Å². The molecular weight excluding hydrogens is 392 g/mol. The summed E-state index contributed by atoms with van der Waals surface area (Å²) in [6.07, 6.45) is 3.26. The van der Waals surface area contributed by atoms with Gasteiger partial charge in [0.25, 0.3) is 5.91 Å². The van der Waals surface area contributed by atoms with Crippen LogP contribution in [0.4, 0.5) is 5.69 Å². The van der Waals surface area contributed by atoms with E-state index >= 15 is 0 Å². The first-order valence-electron chi connectivity index (χ1n) is 11.2. The minimum Gasteiger partial charge on any atom is -0.469 e. The number of anilines is 1. The topological polar surface area (TPSA) is 69.0 Å². The van der Waals surface area contributed by atoms with Gasteiger partial charge < -0.3 is 19.5 Å². The highest BCUT2D eigenvalue weighted by atomic mass is 16.3. The number of nitrogens with zero attached hydrogens (tertiary/aromatic N) is 3. The molecule has 0 atom stereocenters. The predicted molar refractivity (Wildman–Crippen MR) is 120 cm³/mol. The van der Waals surface area contributed by atoms with E-state index < -0.39 is 0 Å². The van der Waals surface area contributed by atoms with Crippen molar-refractivity contribution in [2.45, 2.75) is 32.7 Å². The van der Waals surface area contributed by atoms with Crippen molar-refractivity contribution >= 4 is 17.5 Å². The Hall–Kier alpha value is -2.80. The summed E-state index contributed by atoms with van der Waals surface area (Å²) in [5.74, 6) is 0.774. The van der Waals surface area contributed by atoms with Crippen LogP contribution < -0.4 is 10.2 Å². The Morgan fingerprint density at radius 3 is 2.42 bits per heavy atom. The molecular formula is C24H32N4O3. The van der Waals surface area contributed by atoms with Gasteiger partial charge in [-0.05, 0) is 50.5 Å². The zero-order chi connectivity index (χ0) is 21.8. The molecule has 2 aliphatic heterocycles. The van der Waals surface area contributed by atoms with E-state index in [1.165, 1.54) is 11.3 Å². The van der Waals surface area contributed by atoms with E-state index in [2.05, 4.69) is 46.3 Å². The SMILES string of the molecule is Cc1cccc(N2CCN(C(=O)CN3CCC(NC(=O)c4ccoc4C)CC3)CC2)c1. The van der Waals surface area contributed by atoms with Crippen LogP contribution in [-0.2, 0) is 4.79 Å². The molecule has 166 valence electrons. The summed E-state index contributed by atoms with van der Waals surface area (Å²) in [5, 5.41) is 3.10. The van der Waals surface area contributed by atoms with Gasteiger partial charge in [-0.1, -0.05) is 12.1 Å². The normalized spacial score (nSPS) is 18.3. The molecule has 0 aliphatic carbocycles. The van der Waals surface area contributed by atoms with Gasteiger partial charge in [-0.15, -0.1) is 0 Å². The fourth-order valence-electron chi connectivity index (χ4n) is 4.45. The van der Waals surface area contributed by atoms with Crippen LogP contribution in [0.1, 0.15) is 34.5 Å². The molecule has 1 N–H and O–H groups in total. The number of nitrogens with one attached hydrogen (secondary N) is 1. The molecule has 2 aromatic rings. The molecule has 7 nitrogen and oxygen atoms in total. The third-order valence-electron chi connectivity index (χ3n) is 6.38. The fourth-order valence-corrected chi connectivity index (χ4v) is 4.45. The number of likely N-dealkylation sites (tertiary alicyclic amines) is 1. The second-order valence-corrected chi connectivity index (χ2v) is 8.62. The third kappa shape index (κ3) is 5.28. The molecule has 3 heterocycles. The zero-order valence-electron chi connectivity index (χ0n) is 18.5. The number of amides is 2. The molecule has 0 bridgehead atoms. The van der Waals surface area contributed by atoms with Crippen LogP contribution in [0, 0.1) is 13.8 Å². The number of carbonyl (C=O) groups is 2. The first-order valence-corrected chi connectivity index (χ1v) is 11.2. The molecule has 2 aliphatic rings. The van der Waals surface area contributed by atoms with E-state index in [0.29, 0.717) is 17.9 Å². The van der Waals surface area contributed by atoms with Crippen LogP contribution in [0.25, 0.3) is 0 Å². The zero-order valence-corrected chi connectivity index (χ0v) is 18.5. The maximum atomic E-state index is 12.8. The molecule has 0 unspecified atom stereocenters. The first kappa shape index (κ1) is 21.4. The van der Waals surface area contributed by atoms with Crippen molar-refractivity contribution < 1.29 is 14.0 Å². The van der Waals surface area contributed by atoms with Gasteiger partial charge >= 0.3 is 0 Å². The lowest BCUT2D eigenvalue weighted by Gasteiger charge is -2.38. The van der Waals surface area contributed by atoms with Crippen molar-refractivity contribution in [3.05, 3.63) is 53.5 Å². The number of piperidine rings is 1. The van der Waals surface area contributed by atoms with Gasteiger partial charge in [0.05, 0.1) is 18.4 Å². The fraction of sp³-hybridized carbons (Fsp3) is 0.500. The number of piperazine rings is 1. The lowest BCUT2D eigenvalue weighted by Crippen LogP contribution is -2.52. The second-order valence-electron chi connectivity index (χ2n) is 8.62.